The molecule has 3 aromatic carbocycles. The van der Waals surface area contributed by atoms with E-state index in [4.69, 9.17) is 4.74 Å². The quantitative estimate of drug-likeness (QED) is 0.581. The van der Waals surface area contributed by atoms with Crippen LogP contribution in [0.4, 0.5) is 30.2 Å². The molecular formula is C23H24F3N3O3S. The van der Waals surface area contributed by atoms with Crippen LogP contribution in [0.1, 0.15) is 5.56 Å². The van der Waals surface area contributed by atoms with Crippen LogP contribution in [0.25, 0.3) is 10.8 Å². The van der Waals surface area contributed by atoms with Crippen molar-refractivity contribution in [2.24, 2.45) is 0 Å². The van der Waals surface area contributed by atoms with Gasteiger partial charge >= 0.3 is 6.18 Å². The molecule has 0 atom stereocenters. The highest BCUT2D eigenvalue weighted by molar-refractivity contribution is 7.93. The van der Waals surface area contributed by atoms with Crippen molar-refractivity contribution >= 4 is 37.9 Å². The Kier molecular flexibility index (Phi) is 6.15. The molecule has 4 rings (SSSR count). The van der Waals surface area contributed by atoms with Gasteiger partial charge in [-0.15, -0.1) is 0 Å². The van der Waals surface area contributed by atoms with E-state index in [1.807, 2.05) is 36.0 Å². The number of fused-ring (bicyclic) bond motifs is 1. The average molecular weight is 480 g/mol. The van der Waals surface area contributed by atoms with Crippen molar-refractivity contribution in [2.75, 3.05) is 54.9 Å². The first-order valence-corrected chi connectivity index (χ1v) is 11.8. The Bertz CT molecular complexity index is 1270. The molecule has 33 heavy (non-hydrogen) atoms. The molecule has 1 aliphatic heterocycles. The van der Waals surface area contributed by atoms with Crippen LogP contribution in [0, 0.1) is 0 Å². The van der Waals surface area contributed by atoms with Crippen molar-refractivity contribution in [1.29, 1.82) is 0 Å². The van der Waals surface area contributed by atoms with Gasteiger partial charge in [-0.3, -0.25) is 4.72 Å². The lowest BCUT2D eigenvalue weighted by Gasteiger charge is -2.31. The van der Waals surface area contributed by atoms with Gasteiger partial charge in [0.1, 0.15) is 0 Å². The molecule has 0 amide bonds. The summed E-state index contributed by atoms with van der Waals surface area (Å²) in [4.78, 5) is 3.68. The number of alkyl halides is 3. The van der Waals surface area contributed by atoms with E-state index >= 15 is 0 Å². The normalized spacial score (nSPS) is 15.0. The fourth-order valence-corrected chi connectivity index (χ4v) is 5.25. The molecule has 0 spiro atoms. The molecule has 1 fully saturated rings. The van der Waals surface area contributed by atoms with Gasteiger partial charge in [-0.1, -0.05) is 24.3 Å². The molecule has 3 aromatic rings. The Morgan fingerprint density at radius 2 is 1.64 bits per heavy atom. The van der Waals surface area contributed by atoms with Gasteiger partial charge in [0.15, 0.2) is 0 Å². The van der Waals surface area contributed by atoms with Gasteiger partial charge in [-0.25, -0.2) is 8.42 Å². The first-order valence-electron chi connectivity index (χ1n) is 10.3. The summed E-state index contributed by atoms with van der Waals surface area (Å²) in [5, 5.41) is 1.21. The molecule has 10 heteroatoms. The van der Waals surface area contributed by atoms with Crippen LogP contribution in [-0.4, -0.2) is 48.8 Å². The number of rotatable bonds is 5. The van der Waals surface area contributed by atoms with Gasteiger partial charge in [-0.05, 0) is 30.3 Å². The van der Waals surface area contributed by atoms with Crippen LogP contribution >= 0.6 is 0 Å². The number of hydrogen-bond acceptors (Lipinski definition) is 5. The van der Waals surface area contributed by atoms with E-state index in [1.54, 1.807) is 18.2 Å². The Morgan fingerprint density at radius 3 is 2.30 bits per heavy atom. The minimum Gasteiger partial charge on any atom is -0.378 e. The van der Waals surface area contributed by atoms with Crippen LogP contribution in [0.15, 0.2) is 59.5 Å². The fourth-order valence-electron chi connectivity index (χ4n) is 3.96. The minimum atomic E-state index is -4.61. The molecule has 0 unspecified atom stereocenters. The third-order valence-corrected chi connectivity index (χ3v) is 6.97. The second kappa shape index (κ2) is 8.75. The number of morpholine rings is 1. The lowest BCUT2D eigenvalue weighted by molar-refractivity contribution is -0.137. The van der Waals surface area contributed by atoms with Gasteiger partial charge in [0.2, 0.25) is 0 Å². The standard InChI is InChI=1S/C23H24F3N3O3S/c1-28(2)20-7-3-6-18-17(20)5-4-8-22(18)33(30,31)27-19-15-16(23(24,25)26)9-10-21(19)29-11-13-32-14-12-29/h3-10,15,27H,11-14H2,1-2H3. The minimum absolute atomic E-state index is 0.00552. The number of nitrogens with zero attached hydrogens (tertiary/aromatic N) is 2. The highest BCUT2D eigenvalue weighted by Gasteiger charge is 2.32. The highest BCUT2D eigenvalue weighted by Crippen LogP contribution is 2.38. The maximum atomic E-state index is 13.4. The third-order valence-electron chi connectivity index (χ3n) is 5.55. The molecule has 1 N–H and O–H groups in total. The predicted octanol–water partition coefficient (Wildman–Crippen LogP) is 4.56. The van der Waals surface area contributed by atoms with Crippen LogP contribution in [0.3, 0.4) is 0 Å². The maximum Gasteiger partial charge on any atom is 0.416 e. The molecule has 0 saturated carbocycles. The van der Waals surface area contributed by atoms with E-state index in [1.165, 1.54) is 12.1 Å². The number of nitrogens with one attached hydrogen (secondary N) is 1. The molecular weight excluding hydrogens is 455 g/mol. The average Bonchev–Trinajstić information content (AvgIpc) is 2.77. The number of halogens is 3. The summed E-state index contributed by atoms with van der Waals surface area (Å²) < 4.78 is 74.9. The summed E-state index contributed by atoms with van der Waals surface area (Å²) >= 11 is 0. The second-order valence-electron chi connectivity index (χ2n) is 7.96. The molecule has 1 aliphatic rings. The first-order chi connectivity index (χ1) is 15.6. The first kappa shape index (κ1) is 23.2. The third kappa shape index (κ3) is 4.72. The van der Waals surface area contributed by atoms with E-state index in [0.717, 1.165) is 23.2 Å². The zero-order valence-corrected chi connectivity index (χ0v) is 19.0. The summed E-state index contributed by atoms with van der Waals surface area (Å²) in [5.41, 5.74) is 0.166. The molecule has 0 aliphatic carbocycles. The van der Waals surface area contributed by atoms with Crippen LogP contribution in [-0.2, 0) is 20.9 Å². The van der Waals surface area contributed by atoms with Gasteiger partial charge in [0, 0.05) is 43.6 Å². The second-order valence-corrected chi connectivity index (χ2v) is 9.61. The number of hydrogen-bond donors (Lipinski definition) is 1. The molecule has 6 nitrogen and oxygen atoms in total. The lowest BCUT2D eigenvalue weighted by atomic mass is 10.1. The van der Waals surface area contributed by atoms with Crippen molar-refractivity contribution in [1.82, 2.24) is 0 Å². The molecule has 0 radical (unpaired) electrons. The van der Waals surface area contributed by atoms with Crippen molar-refractivity contribution in [3.8, 4) is 0 Å². The van der Waals surface area contributed by atoms with Gasteiger partial charge in [0.05, 0.1) is 35.0 Å². The largest absolute Gasteiger partial charge is 0.416 e. The zero-order valence-electron chi connectivity index (χ0n) is 18.2. The zero-order chi connectivity index (χ0) is 23.8. The molecule has 0 bridgehead atoms. The van der Waals surface area contributed by atoms with Crippen molar-refractivity contribution < 1.29 is 26.3 Å². The van der Waals surface area contributed by atoms with E-state index in [9.17, 15) is 21.6 Å². The van der Waals surface area contributed by atoms with Crippen LogP contribution in [0.2, 0.25) is 0 Å². The summed E-state index contributed by atoms with van der Waals surface area (Å²) in [5.74, 6) is 0. The van der Waals surface area contributed by atoms with E-state index in [0.29, 0.717) is 37.4 Å². The van der Waals surface area contributed by atoms with Crippen LogP contribution < -0.4 is 14.5 Å². The van der Waals surface area contributed by atoms with Crippen molar-refractivity contribution in [3.63, 3.8) is 0 Å². The summed E-state index contributed by atoms with van der Waals surface area (Å²) in [7, 11) is -0.494. The summed E-state index contributed by atoms with van der Waals surface area (Å²) in [6.45, 7) is 1.70. The maximum absolute atomic E-state index is 13.4. The lowest BCUT2D eigenvalue weighted by Crippen LogP contribution is -2.36. The number of sulfonamides is 1. The predicted molar refractivity (Wildman–Crippen MR) is 124 cm³/mol. The Balaban J connectivity index is 1.82. The van der Waals surface area contributed by atoms with E-state index in [-0.39, 0.29) is 10.6 Å². The number of ether oxygens (including phenoxy) is 1. The number of benzene rings is 3. The van der Waals surface area contributed by atoms with E-state index < -0.39 is 21.8 Å². The Hall–Kier alpha value is -2.98. The number of anilines is 3. The Morgan fingerprint density at radius 1 is 0.970 bits per heavy atom. The van der Waals surface area contributed by atoms with Crippen LogP contribution in [0.5, 0.6) is 0 Å². The summed E-state index contributed by atoms with van der Waals surface area (Å²) in [6, 6.07) is 13.3. The molecule has 176 valence electrons. The van der Waals surface area contributed by atoms with Crippen molar-refractivity contribution in [3.05, 3.63) is 60.2 Å². The monoisotopic (exact) mass is 479 g/mol. The molecule has 1 saturated heterocycles. The van der Waals surface area contributed by atoms with Gasteiger partial charge in [-0.2, -0.15) is 13.2 Å². The SMILES string of the molecule is CN(C)c1cccc2c(S(=O)(=O)Nc3cc(C(F)(F)F)ccc3N3CCOCC3)cccc12. The topological polar surface area (TPSA) is 61.9 Å². The molecule has 1 heterocycles. The smallest absolute Gasteiger partial charge is 0.378 e. The van der Waals surface area contributed by atoms with E-state index in [2.05, 4.69) is 4.72 Å². The fraction of sp³-hybridized carbons (Fsp3) is 0.304. The Labute approximate surface area is 190 Å². The molecule has 0 aromatic heterocycles. The van der Waals surface area contributed by atoms with Gasteiger partial charge < -0.3 is 14.5 Å². The summed E-state index contributed by atoms with van der Waals surface area (Å²) in [6.07, 6.45) is -4.61. The highest BCUT2D eigenvalue weighted by atomic mass is 32.2. The van der Waals surface area contributed by atoms with Gasteiger partial charge in [0.25, 0.3) is 10.0 Å². The van der Waals surface area contributed by atoms with Crippen molar-refractivity contribution in [2.45, 2.75) is 11.1 Å².